The van der Waals surface area contributed by atoms with Crippen LogP contribution in [0.5, 0.6) is 5.75 Å². The van der Waals surface area contributed by atoms with Crippen LogP contribution in [0.2, 0.25) is 0 Å². The maximum atomic E-state index is 13.3. The number of aryl methyl sites for hydroxylation is 1. The Labute approximate surface area is 243 Å². The van der Waals surface area contributed by atoms with E-state index in [9.17, 15) is 27.9 Å². The van der Waals surface area contributed by atoms with Gasteiger partial charge in [0.1, 0.15) is 22.4 Å². The molecule has 0 bridgehead atoms. The molecule has 0 aliphatic rings. The van der Waals surface area contributed by atoms with E-state index >= 15 is 0 Å². The Morgan fingerprint density at radius 1 is 0.833 bits per heavy atom. The van der Waals surface area contributed by atoms with Crippen LogP contribution in [0, 0.1) is 6.92 Å². The number of carbonyl (C=O) groups is 3. The smallest absolute Gasteiger partial charge is 0.339 e. The fraction of sp³-hybridized carbons (Fsp3) is 0.0938. The molecule has 2 amide bonds. The summed E-state index contributed by atoms with van der Waals surface area (Å²) in [6.45, 7) is 1.84. The van der Waals surface area contributed by atoms with Crippen molar-refractivity contribution in [1.29, 1.82) is 0 Å². The number of carboxylic acid groups (broad SMARTS) is 1. The maximum absolute atomic E-state index is 13.3. The predicted octanol–water partition coefficient (Wildman–Crippen LogP) is 4.35. The van der Waals surface area contributed by atoms with Crippen molar-refractivity contribution >= 4 is 34.0 Å². The molecule has 4 rings (SSSR count). The second-order valence-corrected chi connectivity index (χ2v) is 10.9. The Morgan fingerprint density at radius 2 is 1.43 bits per heavy atom. The summed E-state index contributed by atoms with van der Waals surface area (Å²) in [5.74, 6) is -2.58. The van der Waals surface area contributed by atoms with Gasteiger partial charge in [-0.3, -0.25) is 9.59 Å². The van der Waals surface area contributed by atoms with Crippen LogP contribution in [0.3, 0.4) is 0 Å². The maximum Gasteiger partial charge on any atom is 0.339 e. The molecule has 0 saturated heterocycles. The van der Waals surface area contributed by atoms with Gasteiger partial charge < -0.3 is 19.9 Å². The van der Waals surface area contributed by atoms with Crippen LogP contribution < -0.4 is 14.8 Å². The molecule has 4 aromatic carbocycles. The number of benzene rings is 4. The molecule has 0 aliphatic carbocycles. The normalized spacial score (nSPS) is 12.2. The molecule has 0 saturated carbocycles. The van der Waals surface area contributed by atoms with Gasteiger partial charge in [0.25, 0.3) is 11.8 Å². The van der Waals surface area contributed by atoms with Gasteiger partial charge in [-0.2, -0.15) is 8.42 Å². The molecule has 9 nitrogen and oxygen atoms in total. The topological polar surface area (TPSA) is 139 Å². The van der Waals surface area contributed by atoms with Gasteiger partial charge in [-0.05, 0) is 60.5 Å². The molecule has 0 aromatic heterocycles. The lowest BCUT2D eigenvalue weighted by Gasteiger charge is -2.17. The Hall–Kier alpha value is -5.22. The van der Waals surface area contributed by atoms with Crippen molar-refractivity contribution in [2.45, 2.75) is 24.3 Å². The summed E-state index contributed by atoms with van der Waals surface area (Å²) in [6, 6.07) is 27.8. The van der Waals surface area contributed by atoms with Crippen LogP contribution in [0.15, 0.2) is 120 Å². The first-order valence-electron chi connectivity index (χ1n) is 12.9. The fourth-order valence-corrected chi connectivity index (χ4v) is 4.82. The molecule has 10 heteroatoms. The average Bonchev–Trinajstić information content (AvgIpc) is 2.98. The molecule has 0 heterocycles. The number of carboxylic acids is 1. The van der Waals surface area contributed by atoms with Gasteiger partial charge in [0.15, 0.2) is 0 Å². The first-order valence-corrected chi connectivity index (χ1v) is 14.3. The minimum atomic E-state index is -4.07. The summed E-state index contributed by atoms with van der Waals surface area (Å²) in [4.78, 5) is 38.1. The second-order valence-electron chi connectivity index (χ2n) is 9.35. The standard InChI is InChI=1S/C32H28N2O7S/c1-22-12-18-27(19-13-22)42(39,40)41-26-16-14-24(15-17-26)20-28(33-30(35)25-10-6-3-7-11-25)31(36)34-29(32(37)38)21-23-8-4-2-5-9-23/h2-20,29H,21H2,1H3,(H,33,35)(H,34,36)(H,37,38)/b28-20+/t29-/m1/s1. The largest absolute Gasteiger partial charge is 0.480 e. The summed E-state index contributed by atoms with van der Waals surface area (Å²) >= 11 is 0. The lowest BCUT2D eigenvalue weighted by Crippen LogP contribution is -2.45. The molecule has 42 heavy (non-hydrogen) atoms. The summed E-state index contributed by atoms with van der Waals surface area (Å²) < 4.78 is 30.5. The van der Waals surface area contributed by atoms with E-state index in [4.69, 9.17) is 4.18 Å². The quantitative estimate of drug-likeness (QED) is 0.176. The molecule has 4 aromatic rings. The number of hydrogen-bond donors (Lipinski definition) is 3. The van der Waals surface area contributed by atoms with Crippen molar-refractivity contribution in [1.82, 2.24) is 10.6 Å². The third kappa shape index (κ3) is 8.15. The highest BCUT2D eigenvalue weighted by molar-refractivity contribution is 7.87. The first-order chi connectivity index (χ1) is 20.1. The molecule has 214 valence electrons. The van der Waals surface area contributed by atoms with Crippen molar-refractivity contribution in [3.05, 3.63) is 137 Å². The highest BCUT2D eigenvalue weighted by Crippen LogP contribution is 2.21. The van der Waals surface area contributed by atoms with E-state index in [0.717, 1.165) is 5.56 Å². The van der Waals surface area contributed by atoms with Crippen LogP contribution in [0.25, 0.3) is 6.08 Å². The van der Waals surface area contributed by atoms with Gasteiger partial charge >= 0.3 is 16.1 Å². The summed E-state index contributed by atoms with van der Waals surface area (Å²) in [6.07, 6.45) is 1.39. The van der Waals surface area contributed by atoms with Crippen molar-refractivity contribution in [2.24, 2.45) is 0 Å². The van der Waals surface area contributed by atoms with Gasteiger partial charge in [0, 0.05) is 12.0 Å². The van der Waals surface area contributed by atoms with Gasteiger partial charge in [-0.25, -0.2) is 4.79 Å². The summed E-state index contributed by atoms with van der Waals surface area (Å²) in [7, 11) is -4.07. The van der Waals surface area contributed by atoms with E-state index in [0.29, 0.717) is 16.7 Å². The monoisotopic (exact) mass is 584 g/mol. The SMILES string of the molecule is Cc1ccc(S(=O)(=O)Oc2ccc(/C=C(/NC(=O)c3ccccc3)C(=O)N[C@H](Cc3ccccc3)C(=O)O)cc2)cc1. The Morgan fingerprint density at radius 3 is 2.02 bits per heavy atom. The molecule has 3 N–H and O–H groups in total. The Kier molecular flexibility index (Phi) is 9.51. The lowest BCUT2D eigenvalue weighted by atomic mass is 10.1. The van der Waals surface area contributed by atoms with Crippen molar-refractivity contribution in [3.8, 4) is 5.75 Å². The zero-order chi connectivity index (χ0) is 30.1. The third-order valence-electron chi connectivity index (χ3n) is 6.12. The van der Waals surface area contributed by atoms with Crippen LogP contribution in [-0.2, 0) is 26.1 Å². The van der Waals surface area contributed by atoms with Crippen molar-refractivity contribution < 1.29 is 32.1 Å². The zero-order valence-corrected chi connectivity index (χ0v) is 23.4. The van der Waals surface area contributed by atoms with E-state index in [1.807, 2.05) is 6.92 Å². The molecule has 1 atom stereocenters. The van der Waals surface area contributed by atoms with E-state index in [1.54, 1.807) is 72.8 Å². The minimum Gasteiger partial charge on any atom is -0.480 e. The summed E-state index contributed by atoms with van der Waals surface area (Å²) in [5, 5.41) is 14.8. The van der Waals surface area contributed by atoms with Gasteiger partial charge in [0.2, 0.25) is 0 Å². The molecule has 0 aliphatic heterocycles. The van der Waals surface area contributed by atoms with Crippen LogP contribution in [0.1, 0.15) is 27.0 Å². The fourth-order valence-electron chi connectivity index (χ4n) is 3.89. The molecule has 0 radical (unpaired) electrons. The minimum absolute atomic E-state index is 0.00291. The zero-order valence-electron chi connectivity index (χ0n) is 22.6. The van der Waals surface area contributed by atoms with Gasteiger partial charge in [0.05, 0.1) is 0 Å². The average molecular weight is 585 g/mol. The molecular formula is C32H28N2O7S. The number of nitrogens with one attached hydrogen (secondary N) is 2. The highest BCUT2D eigenvalue weighted by atomic mass is 32.2. The Balaban J connectivity index is 1.57. The van der Waals surface area contributed by atoms with E-state index in [1.165, 1.54) is 42.5 Å². The van der Waals surface area contributed by atoms with Crippen LogP contribution >= 0.6 is 0 Å². The Bertz CT molecular complexity index is 1690. The summed E-state index contributed by atoms with van der Waals surface area (Å²) in [5.41, 5.74) is 2.12. The second kappa shape index (κ2) is 13.4. The highest BCUT2D eigenvalue weighted by Gasteiger charge is 2.24. The number of rotatable bonds is 11. The van der Waals surface area contributed by atoms with Gasteiger partial charge in [-0.1, -0.05) is 78.4 Å². The van der Waals surface area contributed by atoms with E-state index < -0.39 is 33.9 Å². The molecule has 0 fully saturated rings. The number of carbonyl (C=O) groups excluding carboxylic acids is 2. The van der Waals surface area contributed by atoms with E-state index in [2.05, 4.69) is 10.6 Å². The number of hydrogen-bond acceptors (Lipinski definition) is 6. The van der Waals surface area contributed by atoms with E-state index in [-0.39, 0.29) is 22.8 Å². The lowest BCUT2D eigenvalue weighted by molar-refractivity contribution is -0.141. The van der Waals surface area contributed by atoms with Crippen LogP contribution in [0.4, 0.5) is 0 Å². The molecular weight excluding hydrogens is 556 g/mol. The van der Waals surface area contributed by atoms with Gasteiger partial charge in [-0.15, -0.1) is 0 Å². The molecule has 0 unspecified atom stereocenters. The third-order valence-corrected chi connectivity index (χ3v) is 7.38. The van der Waals surface area contributed by atoms with Crippen LogP contribution in [-0.4, -0.2) is 37.3 Å². The van der Waals surface area contributed by atoms with Crippen molar-refractivity contribution in [3.63, 3.8) is 0 Å². The molecule has 0 spiro atoms. The number of aliphatic carboxylic acids is 1. The number of amides is 2. The first kappa shape index (κ1) is 29.8. The predicted molar refractivity (Wildman–Crippen MR) is 157 cm³/mol. The van der Waals surface area contributed by atoms with Crippen molar-refractivity contribution in [2.75, 3.05) is 0 Å².